The first-order chi connectivity index (χ1) is 15.1. The van der Waals surface area contributed by atoms with E-state index in [1.807, 2.05) is 0 Å². The molecule has 0 unspecified atom stereocenters. The molecule has 3 aromatic rings. The minimum atomic E-state index is 0. The number of aliphatic imine (C=N–C) groups is 1. The largest absolute Gasteiger partial charge is 0.358 e. The fraction of sp³-hybridized carbons (Fsp3) is 0.545. The molecule has 0 bridgehead atoms. The number of hydrogen-bond donors (Lipinski definition) is 1. The quantitative estimate of drug-likeness (QED) is 0.362. The van der Waals surface area contributed by atoms with E-state index in [9.17, 15) is 0 Å². The van der Waals surface area contributed by atoms with Crippen molar-refractivity contribution in [3.8, 4) is 0 Å². The molecule has 1 aliphatic rings. The number of aromatic amines is 1. The van der Waals surface area contributed by atoms with Crippen LogP contribution in [0, 0.1) is 5.41 Å². The molecule has 2 heterocycles. The Morgan fingerprint density at radius 1 is 0.743 bits per heavy atom. The second-order valence-electron chi connectivity index (χ2n) is 13.0. The average molecular weight is 477 g/mol. The summed E-state index contributed by atoms with van der Waals surface area (Å²) in [4.78, 5) is 8.34. The zero-order valence-electron chi connectivity index (χ0n) is 22.8. The molecule has 0 amide bonds. The SMILES string of the molecule is C.C.CC(C)(C)C1=Nc2cc(C(C)(C)C)ccc2C1.CC(C)c1ccc2cc(C(C)(C)C)[nH]c2c1. The second-order valence-corrected chi connectivity index (χ2v) is 13.0. The number of nitrogens with zero attached hydrogens (tertiary/aromatic N) is 1. The lowest BCUT2D eigenvalue weighted by molar-refractivity contribution is 0.574. The summed E-state index contributed by atoms with van der Waals surface area (Å²) in [6.07, 6.45) is 1.02. The highest BCUT2D eigenvalue weighted by Crippen LogP contribution is 2.36. The minimum absolute atomic E-state index is 0. The lowest BCUT2D eigenvalue weighted by Crippen LogP contribution is -2.19. The molecule has 194 valence electrons. The van der Waals surface area contributed by atoms with Crippen LogP contribution in [0.4, 0.5) is 5.69 Å². The molecular formula is C33H52N2. The summed E-state index contributed by atoms with van der Waals surface area (Å²) in [6, 6.07) is 15.7. The van der Waals surface area contributed by atoms with Crippen LogP contribution in [-0.4, -0.2) is 10.7 Å². The summed E-state index contributed by atoms with van der Waals surface area (Å²) in [7, 11) is 0. The fourth-order valence-corrected chi connectivity index (χ4v) is 3.99. The van der Waals surface area contributed by atoms with Gasteiger partial charge < -0.3 is 4.98 Å². The molecule has 2 heteroatoms. The Morgan fingerprint density at radius 3 is 1.89 bits per heavy atom. The Bertz CT molecular complexity index is 1150. The van der Waals surface area contributed by atoms with Crippen LogP contribution in [0.3, 0.4) is 0 Å². The van der Waals surface area contributed by atoms with Gasteiger partial charge in [0.15, 0.2) is 0 Å². The lowest BCUT2D eigenvalue weighted by Gasteiger charge is -2.19. The van der Waals surface area contributed by atoms with Crippen molar-refractivity contribution in [1.82, 2.24) is 4.98 Å². The topological polar surface area (TPSA) is 28.1 Å². The third-order valence-corrected chi connectivity index (χ3v) is 6.55. The van der Waals surface area contributed by atoms with Crippen molar-refractivity contribution < 1.29 is 0 Å². The molecule has 2 nitrogen and oxygen atoms in total. The normalized spacial score (nSPS) is 13.4. The molecule has 0 fully saturated rings. The standard InChI is InChI=1S/C16H23N.C15H21N.2CH4/c1-15(2,3)12-8-7-11-9-14(16(4,5)6)17-13(11)10-12;1-10(2)11-6-7-12-9-14(15(3,4)5)16-13(12)8-11;;/h7-8,10H,9H2,1-6H3;6-10,16H,1-5H3;2*1H4. The Morgan fingerprint density at radius 2 is 1.37 bits per heavy atom. The maximum absolute atomic E-state index is 4.81. The highest BCUT2D eigenvalue weighted by atomic mass is 14.8. The van der Waals surface area contributed by atoms with Gasteiger partial charge in [-0.05, 0) is 51.6 Å². The summed E-state index contributed by atoms with van der Waals surface area (Å²) in [6.45, 7) is 24.6. The summed E-state index contributed by atoms with van der Waals surface area (Å²) in [5, 5.41) is 1.31. The molecule has 0 atom stereocenters. The molecular weight excluding hydrogens is 424 g/mol. The van der Waals surface area contributed by atoms with E-state index >= 15 is 0 Å². The van der Waals surface area contributed by atoms with Gasteiger partial charge in [0.1, 0.15) is 0 Å². The molecule has 1 N–H and O–H groups in total. The van der Waals surface area contributed by atoms with E-state index < -0.39 is 0 Å². The first-order valence-corrected chi connectivity index (χ1v) is 12.4. The van der Waals surface area contributed by atoms with Gasteiger partial charge in [-0.3, -0.25) is 4.99 Å². The molecule has 0 saturated heterocycles. The van der Waals surface area contributed by atoms with Crippen molar-refractivity contribution in [2.75, 3.05) is 0 Å². The Kier molecular flexibility index (Phi) is 9.40. The van der Waals surface area contributed by atoms with Gasteiger partial charge in [0, 0.05) is 34.2 Å². The van der Waals surface area contributed by atoms with E-state index in [1.165, 1.54) is 44.7 Å². The number of nitrogens with one attached hydrogen (secondary N) is 1. The Balaban J connectivity index is 0.000000332. The van der Waals surface area contributed by atoms with Crippen molar-refractivity contribution >= 4 is 22.3 Å². The zero-order chi connectivity index (χ0) is 24.8. The van der Waals surface area contributed by atoms with Gasteiger partial charge in [0.2, 0.25) is 0 Å². The zero-order valence-corrected chi connectivity index (χ0v) is 22.8. The molecule has 2 aromatic carbocycles. The Hall–Kier alpha value is -2.35. The molecule has 1 aromatic heterocycles. The van der Waals surface area contributed by atoms with Gasteiger partial charge in [0.25, 0.3) is 0 Å². The summed E-state index contributed by atoms with van der Waals surface area (Å²) >= 11 is 0. The Labute approximate surface area is 216 Å². The fourth-order valence-electron chi connectivity index (χ4n) is 3.99. The van der Waals surface area contributed by atoms with Crippen molar-refractivity contribution in [2.24, 2.45) is 10.4 Å². The smallest absolute Gasteiger partial charge is 0.0668 e. The predicted molar refractivity (Wildman–Crippen MR) is 160 cm³/mol. The van der Waals surface area contributed by atoms with Gasteiger partial charge in [0.05, 0.1) is 5.69 Å². The summed E-state index contributed by atoms with van der Waals surface area (Å²) in [5.74, 6) is 0.589. The maximum Gasteiger partial charge on any atom is 0.0668 e. The molecule has 0 radical (unpaired) electrons. The first-order valence-electron chi connectivity index (χ1n) is 12.4. The van der Waals surface area contributed by atoms with Crippen molar-refractivity contribution in [3.63, 3.8) is 0 Å². The monoisotopic (exact) mass is 476 g/mol. The van der Waals surface area contributed by atoms with E-state index in [1.54, 1.807) is 0 Å². The summed E-state index contributed by atoms with van der Waals surface area (Å²) in [5.41, 5.74) is 9.78. The van der Waals surface area contributed by atoms with Gasteiger partial charge >= 0.3 is 0 Å². The molecule has 4 rings (SSSR count). The van der Waals surface area contributed by atoms with Gasteiger partial charge in [-0.1, -0.05) is 115 Å². The number of aromatic nitrogens is 1. The van der Waals surface area contributed by atoms with Crippen LogP contribution in [0.25, 0.3) is 10.9 Å². The third kappa shape index (κ3) is 7.32. The number of fused-ring (bicyclic) bond motifs is 2. The molecule has 0 spiro atoms. The minimum Gasteiger partial charge on any atom is -0.358 e. The van der Waals surface area contributed by atoms with Crippen LogP contribution >= 0.6 is 0 Å². The number of hydrogen-bond acceptors (Lipinski definition) is 1. The van der Waals surface area contributed by atoms with Crippen molar-refractivity contribution in [3.05, 3.63) is 64.8 Å². The molecule has 1 aliphatic heterocycles. The van der Waals surface area contributed by atoms with E-state index in [0.717, 1.165) is 6.42 Å². The maximum atomic E-state index is 4.81. The third-order valence-electron chi connectivity index (χ3n) is 6.55. The van der Waals surface area contributed by atoms with E-state index in [2.05, 4.69) is 124 Å². The van der Waals surface area contributed by atoms with E-state index in [0.29, 0.717) is 5.92 Å². The molecule has 0 aliphatic carbocycles. The van der Waals surface area contributed by atoms with Crippen molar-refractivity contribution in [1.29, 1.82) is 0 Å². The molecule has 35 heavy (non-hydrogen) atoms. The van der Waals surface area contributed by atoms with Gasteiger partial charge in [-0.15, -0.1) is 0 Å². The van der Waals surface area contributed by atoms with Crippen LogP contribution in [-0.2, 0) is 17.3 Å². The number of rotatable bonds is 1. The van der Waals surface area contributed by atoms with E-state index in [-0.39, 0.29) is 31.1 Å². The van der Waals surface area contributed by atoms with Gasteiger partial charge in [-0.25, -0.2) is 0 Å². The van der Waals surface area contributed by atoms with Crippen LogP contribution in [0.2, 0.25) is 0 Å². The van der Waals surface area contributed by atoms with Crippen LogP contribution in [0.15, 0.2) is 47.5 Å². The first kappa shape index (κ1) is 30.7. The lowest BCUT2D eigenvalue weighted by atomic mass is 9.85. The van der Waals surface area contributed by atoms with Crippen molar-refractivity contribution in [2.45, 2.75) is 114 Å². The van der Waals surface area contributed by atoms with Crippen LogP contribution in [0.1, 0.15) is 119 Å². The van der Waals surface area contributed by atoms with Crippen LogP contribution < -0.4 is 0 Å². The second kappa shape index (κ2) is 10.7. The number of H-pyrrole nitrogens is 1. The summed E-state index contributed by atoms with van der Waals surface area (Å²) < 4.78 is 0. The highest BCUT2D eigenvalue weighted by molar-refractivity contribution is 5.97. The number of benzene rings is 2. The van der Waals surface area contributed by atoms with Crippen LogP contribution in [0.5, 0.6) is 0 Å². The predicted octanol–water partition coefficient (Wildman–Crippen LogP) is 10.5. The highest BCUT2D eigenvalue weighted by Gasteiger charge is 2.26. The molecule has 0 saturated carbocycles. The average Bonchev–Trinajstić information content (AvgIpc) is 3.30. The van der Waals surface area contributed by atoms with Gasteiger partial charge in [-0.2, -0.15) is 0 Å². The van der Waals surface area contributed by atoms with E-state index in [4.69, 9.17) is 4.99 Å².